The van der Waals surface area contributed by atoms with E-state index in [1.807, 2.05) is 19.1 Å². The van der Waals surface area contributed by atoms with Crippen LogP contribution in [0.15, 0.2) is 35.5 Å². The van der Waals surface area contributed by atoms with Gasteiger partial charge in [0, 0.05) is 6.54 Å². The molecule has 0 unspecified atom stereocenters. The van der Waals surface area contributed by atoms with E-state index in [0.29, 0.717) is 17.7 Å². The molecule has 1 aliphatic carbocycles. The standard InChI is InChI=1S/C12H13NO2/c1-3-13-11(14)9-6-4-8(2)5-7-10(9)12(13)15/h4-8H,3H2,1-2H3. The summed E-state index contributed by atoms with van der Waals surface area (Å²) in [5, 5.41) is 0. The molecule has 0 radical (unpaired) electrons. The maximum atomic E-state index is 11.8. The number of rotatable bonds is 1. The molecule has 78 valence electrons. The van der Waals surface area contributed by atoms with E-state index in [9.17, 15) is 9.59 Å². The van der Waals surface area contributed by atoms with Crippen molar-refractivity contribution in [2.24, 2.45) is 5.92 Å². The number of allylic oxidation sites excluding steroid dienone is 2. The zero-order valence-electron chi connectivity index (χ0n) is 8.86. The highest BCUT2D eigenvalue weighted by Gasteiger charge is 2.34. The molecule has 15 heavy (non-hydrogen) atoms. The van der Waals surface area contributed by atoms with Crippen molar-refractivity contribution in [3.05, 3.63) is 35.5 Å². The topological polar surface area (TPSA) is 37.4 Å². The SMILES string of the molecule is CCN1C(=O)C2=C(C=CC(C)C=C2)C1=O. The fourth-order valence-corrected chi connectivity index (χ4v) is 1.78. The zero-order chi connectivity index (χ0) is 11.0. The maximum Gasteiger partial charge on any atom is 0.261 e. The minimum atomic E-state index is -0.174. The van der Waals surface area contributed by atoms with Crippen molar-refractivity contribution in [2.75, 3.05) is 6.54 Å². The van der Waals surface area contributed by atoms with Crippen molar-refractivity contribution in [1.82, 2.24) is 4.90 Å². The molecule has 1 aliphatic heterocycles. The average molecular weight is 203 g/mol. The Morgan fingerprint density at radius 2 is 1.60 bits per heavy atom. The van der Waals surface area contributed by atoms with E-state index in [-0.39, 0.29) is 17.7 Å². The van der Waals surface area contributed by atoms with Crippen LogP contribution in [0.3, 0.4) is 0 Å². The van der Waals surface area contributed by atoms with E-state index in [0.717, 1.165) is 0 Å². The predicted molar refractivity (Wildman–Crippen MR) is 56.9 cm³/mol. The number of carbonyl (C=O) groups is 2. The third-order valence-corrected chi connectivity index (χ3v) is 2.69. The van der Waals surface area contributed by atoms with E-state index >= 15 is 0 Å². The number of amides is 2. The number of hydrogen-bond donors (Lipinski definition) is 0. The van der Waals surface area contributed by atoms with Gasteiger partial charge in [0.25, 0.3) is 11.8 Å². The summed E-state index contributed by atoms with van der Waals surface area (Å²) in [4.78, 5) is 24.9. The molecule has 2 amide bonds. The summed E-state index contributed by atoms with van der Waals surface area (Å²) >= 11 is 0. The fraction of sp³-hybridized carbons (Fsp3) is 0.333. The molecule has 2 rings (SSSR count). The minimum absolute atomic E-state index is 0.174. The third-order valence-electron chi connectivity index (χ3n) is 2.69. The van der Waals surface area contributed by atoms with Gasteiger partial charge in [0.1, 0.15) is 0 Å². The number of hydrogen-bond acceptors (Lipinski definition) is 2. The molecule has 0 N–H and O–H groups in total. The number of carbonyl (C=O) groups excluding carboxylic acids is 2. The van der Waals surface area contributed by atoms with Gasteiger partial charge in [0.15, 0.2) is 0 Å². The quantitative estimate of drug-likeness (QED) is 0.605. The molecule has 0 spiro atoms. The van der Waals surface area contributed by atoms with Crippen LogP contribution in [0.1, 0.15) is 13.8 Å². The highest BCUT2D eigenvalue weighted by Crippen LogP contribution is 2.25. The lowest BCUT2D eigenvalue weighted by Crippen LogP contribution is -2.31. The normalized spacial score (nSPS) is 21.3. The zero-order valence-corrected chi connectivity index (χ0v) is 8.86. The summed E-state index contributed by atoms with van der Waals surface area (Å²) in [7, 11) is 0. The summed E-state index contributed by atoms with van der Waals surface area (Å²) < 4.78 is 0. The molecular weight excluding hydrogens is 190 g/mol. The van der Waals surface area contributed by atoms with Gasteiger partial charge < -0.3 is 0 Å². The Labute approximate surface area is 88.8 Å². The number of likely N-dealkylation sites (N-methyl/N-ethyl adjacent to an activating group) is 1. The summed E-state index contributed by atoms with van der Waals surface area (Å²) in [6, 6.07) is 0. The Balaban J connectivity index is 2.45. The summed E-state index contributed by atoms with van der Waals surface area (Å²) in [6.45, 7) is 4.25. The molecule has 0 atom stereocenters. The first-order chi connectivity index (χ1) is 7.15. The average Bonchev–Trinajstić information content (AvgIpc) is 2.38. The number of nitrogens with zero attached hydrogens (tertiary/aromatic N) is 1. The molecule has 0 aromatic heterocycles. The van der Waals surface area contributed by atoms with E-state index in [1.165, 1.54) is 4.90 Å². The third kappa shape index (κ3) is 1.44. The molecule has 0 fully saturated rings. The largest absolute Gasteiger partial charge is 0.275 e. The Hall–Kier alpha value is -1.64. The van der Waals surface area contributed by atoms with Crippen molar-refractivity contribution < 1.29 is 9.59 Å². The van der Waals surface area contributed by atoms with Gasteiger partial charge in [0.2, 0.25) is 0 Å². The monoisotopic (exact) mass is 203 g/mol. The van der Waals surface area contributed by atoms with Crippen molar-refractivity contribution in [3.63, 3.8) is 0 Å². The van der Waals surface area contributed by atoms with Crippen molar-refractivity contribution in [2.45, 2.75) is 13.8 Å². The molecule has 0 bridgehead atoms. The fourth-order valence-electron chi connectivity index (χ4n) is 1.78. The van der Waals surface area contributed by atoms with Gasteiger partial charge in [-0.1, -0.05) is 31.2 Å². The summed E-state index contributed by atoms with van der Waals surface area (Å²) in [6.07, 6.45) is 7.39. The molecule has 3 heteroatoms. The highest BCUT2D eigenvalue weighted by molar-refractivity contribution is 6.22. The molecule has 0 saturated heterocycles. The molecular formula is C12H13NO2. The van der Waals surface area contributed by atoms with Crippen LogP contribution in [0.4, 0.5) is 0 Å². The summed E-state index contributed by atoms with van der Waals surface area (Å²) in [5.74, 6) is -0.0775. The lowest BCUT2D eigenvalue weighted by molar-refractivity contribution is -0.137. The van der Waals surface area contributed by atoms with Gasteiger partial charge in [-0.2, -0.15) is 0 Å². The second-order valence-electron chi connectivity index (χ2n) is 3.76. The van der Waals surface area contributed by atoms with Crippen LogP contribution in [-0.2, 0) is 9.59 Å². The van der Waals surface area contributed by atoms with Gasteiger partial charge in [-0.3, -0.25) is 14.5 Å². The van der Waals surface area contributed by atoms with Crippen LogP contribution in [0, 0.1) is 5.92 Å². The summed E-state index contributed by atoms with van der Waals surface area (Å²) in [5.41, 5.74) is 1.06. The Kier molecular flexibility index (Phi) is 2.31. The van der Waals surface area contributed by atoms with Crippen LogP contribution >= 0.6 is 0 Å². The molecule has 1 heterocycles. The van der Waals surface area contributed by atoms with Gasteiger partial charge in [-0.05, 0) is 12.8 Å². The number of imide groups is 1. The second kappa shape index (κ2) is 3.50. The molecule has 3 nitrogen and oxygen atoms in total. The Morgan fingerprint density at radius 1 is 1.13 bits per heavy atom. The molecule has 0 aromatic rings. The Morgan fingerprint density at radius 3 is 2.00 bits per heavy atom. The van der Waals surface area contributed by atoms with Crippen molar-refractivity contribution >= 4 is 11.8 Å². The van der Waals surface area contributed by atoms with Crippen LogP contribution < -0.4 is 0 Å². The van der Waals surface area contributed by atoms with Crippen LogP contribution in [-0.4, -0.2) is 23.3 Å². The van der Waals surface area contributed by atoms with Crippen LogP contribution in [0.25, 0.3) is 0 Å². The lowest BCUT2D eigenvalue weighted by Gasteiger charge is -2.11. The van der Waals surface area contributed by atoms with E-state index < -0.39 is 0 Å². The Bertz CT molecular complexity index is 379. The first-order valence-corrected chi connectivity index (χ1v) is 5.12. The van der Waals surface area contributed by atoms with Crippen LogP contribution in [0.2, 0.25) is 0 Å². The predicted octanol–water partition coefficient (Wildman–Crippen LogP) is 1.43. The highest BCUT2D eigenvalue weighted by atomic mass is 16.2. The van der Waals surface area contributed by atoms with Gasteiger partial charge >= 0.3 is 0 Å². The van der Waals surface area contributed by atoms with Gasteiger partial charge in [0.05, 0.1) is 11.1 Å². The van der Waals surface area contributed by atoms with Crippen molar-refractivity contribution in [3.8, 4) is 0 Å². The maximum absolute atomic E-state index is 11.8. The van der Waals surface area contributed by atoms with Gasteiger partial charge in [-0.15, -0.1) is 0 Å². The van der Waals surface area contributed by atoms with E-state index in [1.54, 1.807) is 19.1 Å². The van der Waals surface area contributed by atoms with Crippen LogP contribution in [0.5, 0.6) is 0 Å². The van der Waals surface area contributed by atoms with Crippen molar-refractivity contribution in [1.29, 1.82) is 0 Å². The van der Waals surface area contributed by atoms with E-state index in [2.05, 4.69) is 0 Å². The molecule has 2 aliphatic rings. The smallest absolute Gasteiger partial charge is 0.261 e. The first-order valence-electron chi connectivity index (χ1n) is 5.12. The second-order valence-corrected chi connectivity index (χ2v) is 3.76. The molecule has 0 aromatic carbocycles. The minimum Gasteiger partial charge on any atom is -0.275 e. The molecule has 0 saturated carbocycles. The van der Waals surface area contributed by atoms with E-state index in [4.69, 9.17) is 0 Å². The lowest BCUT2D eigenvalue weighted by atomic mass is 10.1. The van der Waals surface area contributed by atoms with Gasteiger partial charge in [-0.25, -0.2) is 0 Å². The first kappa shape index (κ1) is 9.90.